The molecule has 2 atom stereocenters. The Labute approximate surface area is 106 Å². The molecule has 0 heterocycles. The molecule has 2 unspecified atom stereocenters. The van der Waals surface area contributed by atoms with E-state index in [2.05, 4.69) is 23.7 Å². The fraction of sp³-hybridized carbons (Fsp3) is 0.857. The second-order valence-corrected chi connectivity index (χ2v) is 4.89. The van der Waals surface area contributed by atoms with E-state index in [0.29, 0.717) is 0 Å². The van der Waals surface area contributed by atoms with E-state index in [1.807, 2.05) is 6.08 Å². The van der Waals surface area contributed by atoms with Crippen LogP contribution in [0.2, 0.25) is 0 Å². The summed E-state index contributed by atoms with van der Waals surface area (Å²) in [7, 11) is 1.77. The molecule has 0 spiro atoms. The van der Waals surface area contributed by atoms with Crippen molar-refractivity contribution < 1.29 is 4.74 Å². The summed E-state index contributed by atoms with van der Waals surface area (Å²) in [4.78, 5) is 2.51. The summed E-state index contributed by atoms with van der Waals surface area (Å²) < 4.78 is 5.18. The Kier molecular flexibility index (Phi) is 7.49. The van der Waals surface area contributed by atoms with Gasteiger partial charge in [0.05, 0.1) is 6.61 Å². The van der Waals surface area contributed by atoms with Crippen molar-refractivity contribution >= 4 is 0 Å². The topological polar surface area (TPSA) is 24.5 Å². The highest BCUT2D eigenvalue weighted by Gasteiger charge is 2.34. The Morgan fingerprint density at radius 1 is 1.47 bits per heavy atom. The van der Waals surface area contributed by atoms with E-state index in [-0.39, 0.29) is 0 Å². The highest BCUT2D eigenvalue weighted by atomic mass is 16.5. The van der Waals surface area contributed by atoms with Crippen LogP contribution in [0.15, 0.2) is 12.7 Å². The van der Waals surface area contributed by atoms with Crippen LogP contribution in [0.3, 0.4) is 0 Å². The van der Waals surface area contributed by atoms with Gasteiger partial charge in [-0.1, -0.05) is 13.0 Å². The van der Waals surface area contributed by atoms with Gasteiger partial charge in [0.25, 0.3) is 0 Å². The highest BCUT2D eigenvalue weighted by Crippen LogP contribution is 2.31. The Balaban J connectivity index is 2.30. The van der Waals surface area contributed by atoms with Crippen molar-refractivity contribution in [1.82, 2.24) is 10.2 Å². The van der Waals surface area contributed by atoms with Gasteiger partial charge in [-0.3, -0.25) is 4.90 Å². The lowest BCUT2D eigenvalue weighted by atomic mass is 9.78. The molecule has 1 saturated carbocycles. The molecule has 0 bridgehead atoms. The molecule has 0 radical (unpaired) electrons. The SMILES string of the molecule is C=CCN(CCOC)C1CCC1CNCCC. The monoisotopic (exact) mass is 240 g/mol. The smallest absolute Gasteiger partial charge is 0.0589 e. The Morgan fingerprint density at radius 2 is 2.29 bits per heavy atom. The number of hydrogen-bond acceptors (Lipinski definition) is 3. The molecule has 0 aromatic heterocycles. The quantitative estimate of drug-likeness (QED) is 0.466. The standard InChI is InChI=1S/C14H28N2O/c1-4-8-15-12-13-6-7-14(13)16(9-5-2)10-11-17-3/h5,13-15H,2,4,6-12H2,1,3H3. The summed E-state index contributed by atoms with van der Waals surface area (Å²) in [6.45, 7) is 11.2. The minimum atomic E-state index is 0.729. The van der Waals surface area contributed by atoms with Crippen molar-refractivity contribution in [3.8, 4) is 0 Å². The molecule has 1 aliphatic carbocycles. The molecule has 0 aromatic rings. The summed E-state index contributed by atoms with van der Waals surface area (Å²) >= 11 is 0. The zero-order valence-electron chi connectivity index (χ0n) is 11.5. The zero-order chi connectivity index (χ0) is 12.5. The Morgan fingerprint density at radius 3 is 2.82 bits per heavy atom. The van der Waals surface area contributed by atoms with Crippen molar-refractivity contribution in [3.63, 3.8) is 0 Å². The van der Waals surface area contributed by atoms with Gasteiger partial charge in [0, 0.05) is 26.2 Å². The van der Waals surface area contributed by atoms with E-state index in [0.717, 1.165) is 38.2 Å². The van der Waals surface area contributed by atoms with E-state index in [1.165, 1.54) is 25.8 Å². The van der Waals surface area contributed by atoms with Gasteiger partial charge >= 0.3 is 0 Å². The van der Waals surface area contributed by atoms with Crippen LogP contribution in [0.1, 0.15) is 26.2 Å². The third kappa shape index (κ3) is 4.78. The molecule has 0 saturated heterocycles. The third-order valence-electron chi connectivity index (χ3n) is 3.63. The van der Waals surface area contributed by atoms with Gasteiger partial charge in [-0.15, -0.1) is 6.58 Å². The molecule has 1 aliphatic rings. The lowest BCUT2D eigenvalue weighted by Crippen LogP contribution is -2.51. The van der Waals surface area contributed by atoms with Gasteiger partial charge in [0.2, 0.25) is 0 Å². The van der Waals surface area contributed by atoms with Crippen molar-refractivity contribution in [2.45, 2.75) is 32.2 Å². The van der Waals surface area contributed by atoms with Crippen molar-refractivity contribution in [2.24, 2.45) is 5.92 Å². The van der Waals surface area contributed by atoms with E-state index in [1.54, 1.807) is 7.11 Å². The van der Waals surface area contributed by atoms with Crippen LogP contribution in [0.5, 0.6) is 0 Å². The van der Waals surface area contributed by atoms with E-state index < -0.39 is 0 Å². The molecule has 1 N–H and O–H groups in total. The maximum absolute atomic E-state index is 5.18. The third-order valence-corrected chi connectivity index (χ3v) is 3.63. The normalized spacial score (nSPS) is 23.7. The Bertz CT molecular complexity index is 208. The molecule has 3 nitrogen and oxygen atoms in total. The molecule has 0 aromatic carbocycles. The van der Waals surface area contributed by atoms with Crippen molar-refractivity contribution in [1.29, 1.82) is 0 Å². The first-order valence-electron chi connectivity index (χ1n) is 6.88. The minimum absolute atomic E-state index is 0.729. The molecule has 100 valence electrons. The van der Waals surface area contributed by atoms with Crippen LogP contribution in [0.25, 0.3) is 0 Å². The highest BCUT2D eigenvalue weighted by molar-refractivity contribution is 4.92. The van der Waals surface area contributed by atoms with Crippen LogP contribution >= 0.6 is 0 Å². The Hall–Kier alpha value is -0.380. The van der Waals surface area contributed by atoms with Gasteiger partial charge in [-0.05, 0) is 38.3 Å². The molecular formula is C14H28N2O. The van der Waals surface area contributed by atoms with E-state index in [9.17, 15) is 0 Å². The first-order valence-corrected chi connectivity index (χ1v) is 6.88. The van der Waals surface area contributed by atoms with Crippen LogP contribution in [0.4, 0.5) is 0 Å². The number of methoxy groups -OCH3 is 1. The second kappa shape index (κ2) is 8.67. The van der Waals surface area contributed by atoms with Crippen LogP contribution in [-0.4, -0.2) is 50.8 Å². The molecule has 0 aliphatic heterocycles. The molecular weight excluding hydrogens is 212 g/mol. The first-order chi connectivity index (χ1) is 8.33. The average molecular weight is 240 g/mol. The van der Waals surface area contributed by atoms with Crippen molar-refractivity contribution in [2.75, 3.05) is 39.9 Å². The van der Waals surface area contributed by atoms with Crippen LogP contribution in [-0.2, 0) is 4.74 Å². The summed E-state index contributed by atoms with van der Waals surface area (Å²) in [6, 6.07) is 0.729. The number of nitrogens with one attached hydrogen (secondary N) is 1. The number of rotatable bonds is 10. The van der Waals surface area contributed by atoms with Gasteiger partial charge in [0.15, 0.2) is 0 Å². The van der Waals surface area contributed by atoms with Crippen LogP contribution < -0.4 is 5.32 Å². The fourth-order valence-electron chi connectivity index (χ4n) is 2.50. The zero-order valence-corrected chi connectivity index (χ0v) is 11.5. The summed E-state index contributed by atoms with van der Waals surface area (Å²) in [5.41, 5.74) is 0. The number of ether oxygens (including phenoxy) is 1. The molecule has 1 fully saturated rings. The lowest BCUT2D eigenvalue weighted by Gasteiger charge is -2.44. The molecule has 17 heavy (non-hydrogen) atoms. The molecule has 1 rings (SSSR count). The summed E-state index contributed by atoms with van der Waals surface area (Å²) in [5, 5.41) is 3.54. The lowest BCUT2D eigenvalue weighted by molar-refractivity contribution is 0.0486. The van der Waals surface area contributed by atoms with Gasteiger partial charge in [-0.2, -0.15) is 0 Å². The van der Waals surface area contributed by atoms with E-state index >= 15 is 0 Å². The predicted molar refractivity (Wildman–Crippen MR) is 73.3 cm³/mol. The minimum Gasteiger partial charge on any atom is -0.383 e. The van der Waals surface area contributed by atoms with Crippen molar-refractivity contribution in [3.05, 3.63) is 12.7 Å². The van der Waals surface area contributed by atoms with Gasteiger partial charge in [0.1, 0.15) is 0 Å². The maximum atomic E-state index is 5.18. The second-order valence-electron chi connectivity index (χ2n) is 4.89. The molecule has 0 amide bonds. The average Bonchev–Trinajstić information content (AvgIpc) is 2.30. The van der Waals surface area contributed by atoms with Gasteiger partial charge < -0.3 is 10.1 Å². The van der Waals surface area contributed by atoms with Crippen LogP contribution in [0, 0.1) is 5.92 Å². The largest absolute Gasteiger partial charge is 0.383 e. The predicted octanol–water partition coefficient (Wildman–Crippen LogP) is 1.90. The van der Waals surface area contributed by atoms with E-state index in [4.69, 9.17) is 4.74 Å². The summed E-state index contributed by atoms with van der Waals surface area (Å²) in [5.74, 6) is 0.818. The maximum Gasteiger partial charge on any atom is 0.0589 e. The first kappa shape index (κ1) is 14.7. The summed E-state index contributed by atoms with van der Waals surface area (Å²) in [6.07, 6.45) is 5.92. The fourth-order valence-corrected chi connectivity index (χ4v) is 2.50. The number of nitrogens with zero attached hydrogens (tertiary/aromatic N) is 1. The van der Waals surface area contributed by atoms with Gasteiger partial charge in [-0.25, -0.2) is 0 Å². The molecule has 3 heteroatoms. The number of hydrogen-bond donors (Lipinski definition) is 1.